The van der Waals surface area contributed by atoms with Gasteiger partial charge in [-0.15, -0.1) is 0 Å². The Morgan fingerprint density at radius 3 is 1.46 bits per heavy atom. The number of aliphatic hydroxyl groups excluding tert-OH is 3. The molecule has 0 saturated carbocycles. The molecule has 17 nitrogen and oxygen atoms in total. The van der Waals surface area contributed by atoms with Crippen LogP contribution in [-0.2, 0) is 36.2 Å². The first-order valence-electron chi connectivity index (χ1n) is 13.2. The zero-order chi connectivity index (χ0) is 30.8. The van der Waals surface area contributed by atoms with Crippen LogP contribution >= 0.6 is 0 Å². The number of amides is 3. The Hall–Kier alpha value is -1.80. The molecule has 0 bridgehead atoms. The van der Waals surface area contributed by atoms with Crippen LogP contribution in [0.2, 0.25) is 0 Å². The van der Waals surface area contributed by atoms with Crippen LogP contribution in [0.15, 0.2) is 0 Å². The van der Waals surface area contributed by atoms with Crippen LogP contribution in [0.25, 0.3) is 0 Å². The molecule has 18 heteroatoms. The van der Waals surface area contributed by atoms with E-state index in [-0.39, 0.29) is 81.8 Å². The number of rotatable bonds is 22. The molecule has 11 N–H and O–H groups in total. The number of aliphatic hydroxyl groups is 3. The minimum Gasteiger partial charge on any atom is -0.377 e. The number of nitrogens with zero attached hydrogens (tertiary/aromatic N) is 3. The van der Waals surface area contributed by atoms with Gasteiger partial charge in [0.1, 0.15) is 37.1 Å². The molecule has 3 amide bonds. The van der Waals surface area contributed by atoms with Crippen LogP contribution in [0.5, 0.6) is 0 Å². The third-order valence-electron chi connectivity index (χ3n) is 5.92. The molecule has 6 unspecified atom stereocenters. The standard InChI is InChI=1S/C23H47N7O10.Fe/c1-15(32)28(38)11-4-7-18(24)21(35)26-20(9-6-13-30(40)17(3)34)23(37)27-19(22(36)25-10-14-31)8-5-12-29(39)16(2)33;/h14-20,32-34,38-40H,4-13,24H2,1-3H3,(H,25,36)(H,26,35)(H,27,37);. The fourth-order valence-electron chi connectivity index (χ4n) is 3.43. The van der Waals surface area contributed by atoms with Crippen molar-refractivity contribution >= 4 is 24.0 Å². The van der Waals surface area contributed by atoms with Crippen LogP contribution in [-0.4, -0.2) is 133 Å². The number of hydrogen-bond donors (Lipinski definition) is 10. The predicted molar refractivity (Wildman–Crippen MR) is 139 cm³/mol. The van der Waals surface area contributed by atoms with Crippen molar-refractivity contribution in [2.75, 3.05) is 26.2 Å². The van der Waals surface area contributed by atoms with E-state index in [0.29, 0.717) is 21.5 Å². The normalized spacial score (nSPS) is 15.8. The summed E-state index contributed by atoms with van der Waals surface area (Å²) in [6, 6.07) is -3.40. The van der Waals surface area contributed by atoms with Crippen molar-refractivity contribution in [2.24, 2.45) is 5.73 Å². The molecule has 0 fully saturated rings. The van der Waals surface area contributed by atoms with Crippen LogP contribution in [0.4, 0.5) is 0 Å². The molecule has 0 aliphatic rings. The maximum absolute atomic E-state index is 13.2. The molecule has 0 spiro atoms. The average Bonchev–Trinajstić information content (AvgIpc) is 2.89. The molecule has 0 rings (SSSR count). The summed E-state index contributed by atoms with van der Waals surface area (Å²) in [7, 11) is 0. The minimum atomic E-state index is -1.19. The maximum Gasteiger partial charge on any atom is 0.243 e. The molecule has 0 aromatic heterocycles. The van der Waals surface area contributed by atoms with E-state index >= 15 is 0 Å². The number of aldehydes is 1. The summed E-state index contributed by atoms with van der Waals surface area (Å²) in [5, 5.41) is 66.4. The van der Waals surface area contributed by atoms with Gasteiger partial charge in [0.15, 0.2) is 0 Å². The molecule has 0 aromatic carbocycles. The van der Waals surface area contributed by atoms with E-state index in [4.69, 9.17) is 5.73 Å². The monoisotopic (exact) mass is 637 g/mol. The predicted octanol–water partition coefficient (Wildman–Crippen LogP) is -2.97. The largest absolute Gasteiger partial charge is 0.377 e. The first kappa shape index (κ1) is 41.3. The Morgan fingerprint density at radius 1 is 0.707 bits per heavy atom. The summed E-state index contributed by atoms with van der Waals surface area (Å²) in [6.07, 6.45) is -2.24. The summed E-state index contributed by atoms with van der Waals surface area (Å²) >= 11 is 0. The van der Waals surface area contributed by atoms with Crippen molar-refractivity contribution in [1.82, 2.24) is 31.1 Å². The van der Waals surface area contributed by atoms with Gasteiger partial charge in [-0.1, -0.05) is 0 Å². The summed E-state index contributed by atoms with van der Waals surface area (Å²) < 4.78 is 0. The quantitative estimate of drug-likeness (QED) is 0.0246. The van der Waals surface area contributed by atoms with E-state index in [1.807, 2.05) is 0 Å². The van der Waals surface area contributed by atoms with Gasteiger partial charge in [-0.3, -0.25) is 14.4 Å². The van der Waals surface area contributed by atoms with Crippen LogP contribution < -0.4 is 21.7 Å². The van der Waals surface area contributed by atoms with Crippen molar-refractivity contribution in [3.8, 4) is 0 Å². The molecule has 0 aromatic rings. The van der Waals surface area contributed by atoms with Gasteiger partial charge in [-0.25, -0.2) is 0 Å². The van der Waals surface area contributed by atoms with Gasteiger partial charge in [-0.05, 0) is 59.3 Å². The summed E-state index contributed by atoms with van der Waals surface area (Å²) in [5.41, 5.74) is 5.93. The fourth-order valence-corrected chi connectivity index (χ4v) is 3.43. The number of hydrogen-bond acceptors (Lipinski definition) is 14. The average molecular weight is 638 g/mol. The number of carbonyl (C=O) groups excluding carboxylic acids is 4. The Kier molecular flexibility index (Phi) is 22.9. The Bertz CT molecular complexity index is 766. The zero-order valence-corrected chi connectivity index (χ0v) is 24.8. The van der Waals surface area contributed by atoms with Crippen molar-refractivity contribution in [3.63, 3.8) is 0 Å². The van der Waals surface area contributed by atoms with Crippen molar-refractivity contribution in [1.29, 1.82) is 0 Å². The molecule has 242 valence electrons. The van der Waals surface area contributed by atoms with Crippen molar-refractivity contribution in [3.05, 3.63) is 0 Å². The van der Waals surface area contributed by atoms with Crippen molar-refractivity contribution < 1.29 is 67.2 Å². The molecule has 0 saturated heterocycles. The summed E-state index contributed by atoms with van der Waals surface area (Å²) in [4.78, 5) is 49.2. The van der Waals surface area contributed by atoms with E-state index in [2.05, 4.69) is 16.0 Å². The summed E-state index contributed by atoms with van der Waals surface area (Å²) in [5.74, 6) is -2.11. The van der Waals surface area contributed by atoms with E-state index in [1.54, 1.807) is 0 Å². The van der Waals surface area contributed by atoms with E-state index < -0.39 is 54.5 Å². The van der Waals surface area contributed by atoms with E-state index in [0.717, 1.165) is 0 Å². The zero-order valence-electron chi connectivity index (χ0n) is 23.7. The second kappa shape index (κ2) is 22.8. The molecule has 0 heterocycles. The second-order valence-corrected chi connectivity index (χ2v) is 9.45. The van der Waals surface area contributed by atoms with Crippen molar-refractivity contribution in [2.45, 2.75) is 96.1 Å². The van der Waals surface area contributed by atoms with Gasteiger partial charge in [0, 0.05) is 36.7 Å². The Morgan fingerprint density at radius 2 is 1.07 bits per heavy atom. The maximum atomic E-state index is 13.2. The number of nitrogens with one attached hydrogen (secondary N) is 3. The van der Waals surface area contributed by atoms with Gasteiger partial charge >= 0.3 is 0 Å². The van der Waals surface area contributed by atoms with Gasteiger partial charge in [0.25, 0.3) is 0 Å². The van der Waals surface area contributed by atoms with E-state index in [9.17, 15) is 50.1 Å². The minimum absolute atomic E-state index is 0. The number of hydroxylamine groups is 6. The molecular weight excluding hydrogens is 590 g/mol. The Balaban J connectivity index is 0. The first-order valence-corrected chi connectivity index (χ1v) is 13.2. The molecule has 0 radical (unpaired) electrons. The fraction of sp³-hybridized carbons (Fsp3) is 0.826. The van der Waals surface area contributed by atoms with E-state index in [1.165, 1.54) is 20.8 Å². The third-order valence-corrected chi connectivity index (χ3v) is 5.92. The first-order chi connectivity index (χ1) is 18.7. The van der Waals surface area contributed by atoms with Crippen LogP contribution in [0.1, 0.15) is 59.3 Å². The van der Waals surface area contributed by atoms with Gasteiger partial charge in [0.05, 0.1) is 12.6 Å². The molecular formula is C23H47FeN7O10. The Labute approximate surface area is 250 Å². The number of carbonyl (C=O) groups is 4. The topological polar surface area (TPSA) is 261 Å². The smallest absolute Gasteiger partial charge is 0.243 e. The van der Waals surface area contributed by atoms with Crippen LogP contribution in [0.3, 0.4) is 0 Å². The molecule has 0 aliphatic carbocycles. The summed E-state index contributed by atoms with van der Waals surface area (Å²) in [6.45, 7) is 3.73. The van der Waals surface area contributed by atoms with Gasteiger partial charge < -0.3 is 57.4 Å². The second-order valence-electron chi connectivity index (χ2n) is 9.45. The van der Waals surface area contributed by atoms with Gasteiger partial charge in [-0.2, -0.15) is 15.2 Å². The van der Waals surface area contributed by atoms with Gasteiger partial charge in [0.2, 0.25) is 17.7 Å². The number of nitrogens with two attached hydrogens (primary N) is 1. The van der Waals surface area contributed by atoms with Crippen LogP contribution in [0, 0.1) is 0 Å². The molecule has 6 atom stereocenters. The third kappa shape index (κ3) is 18.4. The SMILES string of the molecule is CC(O)N(O)CCCC(N)C(=O)NC(CCCN(O)C(C)O)C(=O)NC(CCCN(O)C(C)O)C(=O)NCC=O.[Fe]. The molecule has 41 heavy (non-hydrogen) atoms. The molecule has 0 aliphatic heterocycles.